The third-order valence-electron chi connectivity index (χ3n) is 5.15. The van der Waals surface area contributed by atoms with Crippen molar-refractivity contribution >= 4 is 44.8 Å². The normalized spacial score (nSPS) is 17.5. The van der Waals surface area contributed by atoms with Crippen LogP contribution in [0, 0.1) is 5.92 Å². The van der Waals surface area contributed by atoms with E-state index in [-0.39, 0.29) is 34.8 Å². The summed E-state index contributed by atoms with van der Waals surface area (Å²) in [6.07, 6.45) is 0.821. The topological polar surface area (TPSA) is 84.9 Å². The number of hydrogen-bond donors (Lipinski definition) is 1. The standard InChI is InChI=1S/C20H20Cl2N2O5S/c21-14-1-3-16(22)19(11-14)30(26,27)24-7-5-13(6-8-24)20(25)23-15-2-4-17-18(12-15)29-10-9-28-17/h1-4,11-13H,5-10H2,(H,23,25). The van der Waals surface area contributed by atoms with Crippen LogP contribution in [-0.2, 0) is 14.8 Å². The van der Waals surface area contributed by atoms with E-state index < -0.39 is 10.0 Å². The van der Waals surface area contributed by atoms with E-state index in [9.17, 15) is 13.2 Å². The second kappa shape index (κ2) is 8.63. The van der Waals surface area contributed by atoms with Gasteiger partial charge < -0.3 is 14.8 Å². The van der Waals surface area contributed by atoms with E-state index in [0.29, 0.717) is 48.3 Å². The highest BCUT2D eigenvalue weighted by molar-refractivity contribution is 7.89. The molecule has 0 radical (unpaired) electrons. The van der Waals surface area contributed by atoms with Crippen LogP contribution in [-0.4, -0.2) is 44.9 Å². The van der Waals surface area contributed by atoms with Crippen LogP contribution in [0.1, 0.15) is 12.8 Å². The summed E-state index contributed by atoms with van der Waals surface area (Å²) >= 11 is 12.0. The van der Waals surface area contributed by atoms with E-state index in [1.807, 2.05) is 0 Å². The highest BCUT2D eigenvalue weighted by atomic mass is 35.5. The van der Waals surface area contributed by atoms with Gasteiger partial charge in [-0.1, -0.05) is 23.2 Å². The SMILES string of the molecule is O=C(Nc1ccc2c(c1)OCCO2)C1CCN(S(=O)(=O)c2cc(Cl)ccc2Cl)CC1. The number of anilines is 1. The van der Waals surface area contributed by atoms with E-state index in [1.54, 1.807) is 18.2 Å². The number of sulfonamides is 1. The average molecular weight is 471 g/mol. The number of nitrogens with one attached hydrogen (secondary N) is 1. The maximum Gasteiger partial charge on any atom is 0.244 e. The molecule has 2 aliphatic heterocycles. The first kappa shape index (κ1) is 21.2. The lowest BCUT2D eigenvalue weighted by Gasteiger charge is -2.30. The molecule has 0 aliphatic carbocycles. The molecule has 7 nitrogen and oxygen atoms in total. The van der Waals surface area contributed by atoms with E-state index in [2.05, 4.69) is 5.32 Å². The second-order valence-corrected chi connectivity index (χ2v) is 9.85. The Morgan fingerprint density at radius 2 is 1.70 bits per heavy atom. The number of halogens is 2. The van der Waals surface area contributed by atoms with Crippen molar-refractivity contribution in [2.45, 2.75) is 17.7 Å². The van der Waals surface area contributed by atoms with Gasteiger partial charge in [0.1, 0.15) is 18.1 Å². The van der Waals surface area contributed by atoms with Gasteiger partial charge in [-0.25, -0.2) is 8.42 Å². The molecule has 0 unspecified atom stereocenters. The molecule has 0 saturated carbocycles. The number of nitrogens with zero attached hydrogens (tertiary/aromatic N) is 1. The molecule has 2 aromatic rings. The first-order chi connectivity index (χ1) is 14.3. The largest absolute Gasteiger partial charge is 0.486 e. The van der Waals surface area contributed by atoms with Crippen LogP contribution in [0.3, 0.4) is 0 Å². The van der Waals surface area contributed by atoms with E-state index in [0.717, 1.165) is 0 Å². The lowest BCUT2D eigenvalue weighted by Crippen LogP contribution is -2.41. The molecule has 10 heteroatoms. The van der Waals surface area contributed by atoms with Crippen molar-refractivity contribution in [1.29, 1.82) is 0 Å². The highest BCUT2D eigenvalue weighted by Gasteiger charge is 2.33. The van der Waals surface area contributed by atoms with Crippen LogP contribution < -0.4 is 14.8 Å². The molecule has 0 aromatic heterocycles. The maximum atomic E-state index is 12.9. The lowest BCUT2D eigenvalue weighted by atomic mass is 9.97. The number of amides is 1. The third-order valence-corrected chi connectivity index (χ3v) is 7.76. The molecule has 0 spiro atoms. The zero-order chi connectivity index (χ0) is 21.3. The Labute approximate surface area is 184 Å². The Morgan fingerprint density at radius 1 is 1.00 bits per heavy atom. The van der Waals surface area contributed by atoms with Gasteiger partial charge in [0.25, 0.3) is 0 Å². The molecule has 2 aliphatic rings. The van der Waals surface area contributed by atoms with Crippen LogP contribution in [0.15, 0.2) is 41.3 Å². The molecule has 1 fully saturated rings. The van der Waals surface area contributed by atoms with Crippen LogP contribution in [0.2, 0.25) is 10.0 Å². The monoisotopic (exact) mass is 470 g/mol. The van der Waals surface area contributed by atoms with Crippen molar-refractivity contribution < 1.29 is 22.7 Å². The fraction of sp³-hybridized carbons (Fsp3) is 0.350. The minimum absolute atomic E-state index is 0.0177. The summed E-state index contributed by atoms with van der Waals surface area (Å²) in [4.78, 5) is 12.7. The summed E-state index contributed by atoms with van der Waals surface area (Å²) in [5.74, 6) is 0.805. The zero-order valence-electron chi connectivity index (χ0n) is 15.9. The number of piperidine rings is 1. The molecule has 160 valence electrons. The number of carbonyl (C=O) groups is 1. The first-order valence-corrected chi connectivity index (χ1v) is 11.7. The lowest BCUT2D eigenvalue weighted by molar-refractivity contribution is -0.120. The van der Waals surface area contributed by atoms with Crippen LogP contribution in [0.4, 0.5) is 5.69 Å². The summed E-state index contributed by atoms with van der Waals surface area (Å²) in [5.41, 5.74) is 0.616. The van der Waals surface area contributed by atoms with Crippen molar-refractivity contribution in [1.82, 2.24) is 4.31 Å². The van der Waals surface area contributed by atoms with Gasteiger partial charge in [-0.3, -0.25) is 4.79 Å². The summed E-state index contributed by atoms with van der Waals surface area (Å²) < 4.78 is 38.2. The van der Waals surface area contributed by atoms with Gasteiger partial charge in [0.2, 0.25) is 15.9 Å². The molecule has 2 heterocycles. The molecule has 1 saturated heterocycles. The smallest absolute Gasteiger partial charge is 0.244 e. The number of benzene rings is 2. The van der Waals surface area contributed by atoms with Gasteiger partial charge in [0.15, 0.2) is 11.5 Å². The van der Waals surface area contributed by atoms with Crippen molar-refractivity contribution in [3.05, 3.63) is 46.4 Å². The summed E-state index contributed by atoms with van der Waals surface area (Å²) in [5, 5.41) is 3.30. The Morgan fingerprint density at radius 3 is 2.43 bits per heavy atom. The number of ether oxygens (including phenoxy) is 2. The van der Waals surface area contributed by atoms with Gasteiger partial charge in [-0.05, 0) is 43.2 Å². The van der Waals surface area contributed by atoms with E-state index in [4.69, 9.17) is 32.7 Å². The Hall–Kier alpha value is -2.00. The quantitative estimate of drug-likeness (QED) is 0.734. The van der Waals surface area contributed by atoms with Gasteiger partial charge in [0.05, 0.1) is 5.02 Å². The van der Waals surface area contributed by atoms with Gasteiger partial charge in [0, 0.05) is 35.8 Å². The van der Waals surface area contributed by atoms with E-state index in [1.165, 1.54) is 22.5 Å². The maximum absolute atomic E-state index is 12.9. The van der Waals surface area contributed by atoms with Gasteiger partial charge in [-0.2, -0.15) is 4.31 Å². The Kier molecular flexibility index (Phi) is 6.11. The molecule has 1 amide bonds. The predicted molar refractivity (Wildman–Crippen MR) is 114 cm³/mol. The van der Waals surface area contributed by atoms with Crippen molar-refractivity contribution in [3.8, 4) is 11.5 Å². The first-order valence-electron chi connectivity index (χ1n) is 9.50. The Bertz CT molecular complexity index is 1070. The van der Waals surface area contributed by atoms with Gasteiger partial charge in [-0.15, -0.1) is 0 Å². The van der Waals surface area contributed by atoms with Crippen molar-refractivity contribution in [2.75, 3.05) is 31.6 Å². The Balaban J connectivity index is 1.39. The van der Waals surface area contributed by atoms with Crippen LogP contribution in [0.5, 0.6) is 11.5 Å². The fourth-order valence-corrected chi connectivity index (χ4v) is 5.74. The third kappa shape index (κ3) is 4.37. The molecule has 1 N–H and O–H groups in total. The summed E-state index contributed by atoms with van der Waals surface area (Å²) in [7, 11) is -3.78. The van der Waals surface area contributed by atoms with Crippen molar-refractivity contribution in [3.63, 3.8) is 0 Å². The molecule has 2 aromatic carbocycles. The van der Waals surface area contributed by atoms with Gasteiger partial charge >= 0.3 is 0 Å². The number of carbonyl (C=O) groups excluding carboxylic acids is 1. The minimum Gasteiger partial charge on any atom is -0.486 e. The predicted octanol–water partition coefficient (Wildman–Crippen LogP) is 3.80. The molecular formula is C20H20Cl2N2O5S. The molecular weight excluding hydrogens is 451 g/mol. The highest BCUT2D eigenvalue weighted by Crippen LogP contribution is 2.34. The average Bonchev–Trinajstić information content (AvgIpc) is 2.75. The number of rotatable bonds is 4. The number of hydrogen-bond acceptors (Lipinski definition) is 5. The van der Waals surface area contributed by atoms with Crippen LogP contribution in [0.25, 0.3) is 0 Å². The molecule has 0 bridgehead atoms. The fourth-order valence-electron chi connectivity index (χ4n) is 3.54. The summed E-state index contributed by atoms with van der Waals surface area (Å²) in [6.45, 7) is 1.42. The molecule has 30 heavy (non-hydrogen) atoms. The number of fused-ring (bicyclic) bond motifs is 1. The second-order valence-electron chi connectivity index (χ2n) is 7.10. The van der Waals surface area contributed by atoms with Crippen molar-refractivity contribution in [2.24, 2.45) is 5.92 Å². The van der Waals surface area contributed by atoms with Crippen LogP contribution >= 0.6 is 23.2 Å². The molecule has 0 atom stereocenters. The molecule has 4 rings (SSSR count). The minimum atomic E-state index is -3.78. The van der Waals surface area contributed by atoms with E-state index >= 15 is 0 Å². The summed E-state index contributed by atoms with van der Waals surface area (Å²) in [6, 6.07) is 9.59. The zero-order valence-corrected chi connectivity index (χ0v) is 18.3.